The summed E-state index contributed by atoms with van der Waals surface area (Å²) in [6.45, 7) is 0. The molecular formula is C7H13O9P. The van der Waals surface area contributed by atoms with Crippen LogP contribution in [0.2, 0.25) is 0 Å². The topological polar surface area (TPSA) is 143 Å². The summed E-state index contributed by atoms with van der Waals surface area (Å²) in [5.41, 5.74) is 0. The van der Waals surface area contributed by atoms with Gasteiger partial charge in [0.2, 0.25) is 0 Å². The fraction of sp³-hybridized carbons (Fsp3) is 0.857. The monoisotopic (exact) mass is 272 g/mol. The summed E-state index contributed by atoms with van der Waals surface area (Å²) in [5, 5.41) is 18.8. The molecule has 0 aromatic carbocycles. The van der Waals surface area contributed by atoms with Gasteiger partial charge < -0.3 is 29.5 Å². The number of phosphoric ester groups is 1. The van der Waals surface area contributed by atoms with Crippen LogP contribution in [0.4, 0.5) is 0 Å². The van der Waals surface area contributed by atoms with Crippen molar-refractivity contribution in [1.82, 2.24) is 0 Å². The van der Waals surface area contributed by atoms with Gasteiger partial charge in [-0.3, -0.25) is 4.52 Å². The van der Waals surface area contributed by atoms with Crippen molar-refractivity contribution < 1.29 is 43.4 Å². The fourth-order valence-electron chi connectivity index (χ4n) is 1.37. The lowest BCUT2D eigenvalue weighted by atomic mass is 10.0. The number of rotatable bonds is 3. The van der Waals surface area contributed by atoms with Gasteiger partial charge in [0, 0.05) is 6.42 Å². The number of hydrogen-bond donors (Lipinski definition) is 4. The van der Waals surface area contributed by atoms with E-state index in [2.05, 4.69) is 9.26 Å². The Kier molecular flexibility index (Phi) is 4.62. The third-order valence-corrected chi connectivity index (χ3v) is 2.63. The number of phosphoric acid groups is 1. The molecule has 0 spiro atoms. The Balaban J connectivity index is 2.73. The summed E-state index contributed by atoms with van der Waals surface area (Å²) in [6, 6.07) is 0. The van der Waals surface area contributed by atoms with E-state index in [1.54, 1.807) is 0 Å². The lowest BCUT2D eigenvalue weighted by Crippen LogP contribution is -2.52. The highest BCUT2D eigenvalue weighted by atomic mass is 31.2. The van der Waals surface area contributed by atoms with Crippen molar-refractivity contribution in [3.05, 3.63) is 0 Å². The summed E-state index contributed by atoms with van der Waals surface area (Å²) in [5.74, 6) is -0.976. The zero-order valence-corrected chi connectivity index (χ0v) is 9.69. The molecule has 0 aromatic rings. The number of carbonyl (C=O) groups is 1. The first kappa shape index (κ1) is 14.5. The molecule has 4 atom stereocenters. The summed E-state index contributed by atoms with van der Waals surface area (Å²) in [6.07, 6.45) is -6.39. The van der Waals surface area contributed by atoms with Crippen LogP contribution in [0.1, 0.15) is 6.42 Å². The Morgan fingerprint density at radius 1 is 1.41 bits per heavy atom. The molecule has 1 aliphatic rings. The molecule has 4 N–H and O–H groups in total. The summed E-state index contributed by atoms with van der Waals surface area (Å²) >= 11 is 0. The molecule has 0 aromatic heterocycles. The summed E-state index contributed by atoms with van der Waals surface area (Å²) < 4.78 is 23.9. The van der Waals surface area contributed by atoms with Crippen molar-refractivity contribution in [2.24, 2.45) is 0 Å². The largest absolute Gasteiger partial charge is 0.471 e. The van der Waals surface area contributed by atoms with Gasteiger partial charge in [0.25, 0.3) is 0 Å². The number of aliphatic hydroxyl groups is 2. The van der Waals surface area contributed by atoms with Crippen LogP contribution in [-0.4, -0.2) is 57.7 Å². The van der Waals surface area contributed by atoms with Crippen LogP contribution in [-0.2, 0) is 23.4 Å². The molecule has 1 rings (SSSR count). The molecular weight excluding hydrogens is 259 g/mol. The second-order valence-electron chi connectivity index (χ2n) is 3.40. The summed E-state index contributed by atoms with van der Waals surface area (Å²) in [4.78, 5) is 28.3. The van der Waals surface area contributed by atoms with Crippen LogP contribution in [0.15, 0.2) is 0 Å². The maximum atomic E-state index is 11.2. The first-order valence-corrected chi connectivity index (χ1v) is 6.11. The van der Waals surface area contributed by atoms with Crippen molar-refractivity contribution in [2.75, 3.05) is 7.11 Å². The van der Waals surface area contributed by atoms with Gasteiger partial charge in [0.15, 0.2) is 12.4 Å². The maximum absolute atomic E-state index is 11.2. The van der Waals surface area contributed by atoms with E-state index in [-0.39, 0.29) is 6.42 Å². The predicted molar refractivity (Wildman–Crippen MR) is 50.4 cm³/mol. The van der Waals surface area contributed by atoms with Gasteiger partial charge in [-0.25, -0.2) is 9.36 Å². The Labute approximate surface area is 96.2 Å². The van der Waals surface area contributed by atoms with Crippen molar-refractivity contribution in [2.45, 2.75) is 31.0 Å². The van der Waals surface area contributed by atoms with Gasteiger partial charge in [-0.1, -0.05) is 0 Å². The number of hydrogen-bond acceptors (Lipinski definition) is 7. The van der Waals surface area contributed by atoms with Crippen LogP contribution >= 0.6 is 7.82 Å². The molecule has 100 valence electrons. The summed E-state index contributed by atoms with van der Waals surface area (Å²) in [7, 11) is -3.78. The zero-order valence-electron chi connectivity index (χ0n) is 8.79. The van der Waals surface area contributed by atoms with E-state index in [4.69, 9.17) is 14.5 Å². The van der Waals surface area contributed by atoms with Crippen molar-refractivity contribution in [1.29, 1.82) is 0 Å². The first-order chi connectivity index (χ1) is 7.74. The van der Waals surface area contributed by atoms with Crippen molar-refractivity contribution in [3.63, 3.8) is 0 Å². The van der Waals surface area contributed by atoms with Gasteiger partial charge in [0.05, 0.1) is 13.2 Å². The Hall–Kier alpha value is -0.540. The first-order valence-electron chi connectivity index (χ1n) is 4.58. The average molecular weight is 272 g/mol. The quantitative estimate of drug-likeness (QED) is 0.342. The normalized spacial score (nSPS) is 34.4. The van der Waals surface area contributed by atoms with E-state index < -0.39 is 38.4 Å². The predicted octanol–water partition coefficient (Wildman–Crippen LogP) is -1.89. The molecule has 17 heavy (non-hydrogen) atoms. The fourth-order valence-corrected chi connectivity index (χ4v) is 1.81. The molecule has 0 aliphatic carbocycles. The van der Waals surface area contributed by atoms with Crippen molar-refractivity contribution in [3.8, 4) is 0 Å². The second kappa shape index (κ2) is 5.40. The highest BCUT2D eigenvalue weighted by molar-refractivity contribution is 7.46. The SMILES string of the molecule is COC(=O)C1OC(OP(=O)(O)O)CC(O)C1O. The Morgan fingerprint density at radius 2 is 2.00 bits per heavy atom. The standard InChI is InChI=1S/C7H13O9P/c1-14-7(10)6-5(9)3(8)2-4(15-6)16-17(11,12)13/h3-6,8-9H,2H2,1H3,(H2,11,12,13). The molecule has 0 amide bonds. The van der Waals surface area contributed by atoms with Crippen molar-refractivity contribution >= 4 is 13.8 Å². The van der Waals surface area contributed by atoms with E-state index >= 15 is 0 Å². The molecule has 4 unspecified atom stereocenters. The number of carbonyl (C=O) groups excluding carboxylic acids is 1. The smallest absolute Gasteiger partial charge is 0.467 e. The average Bonchev–Trinajstić information content (AvgIpc) is 2.19. The molecule has 1 heterocycles. The minimum Gasteiger partial charge on any atom is -0.467 e. The molecule has 0 saturated carbocycles. The van der Waals surface area contributed by atoms with Gasteiger partial charge >= 0.3 is 13.8 Å². The van der Waals surface area contributed by atoms with E-state index in [9.17, 15) is 19.6 Å². The van der Waals surface area contributed by atoms with E-state index in [1.807, 2.05) is 0 Å². The Bertz CT molecular complexity index is 325. The molecule has 9 nitrogen and oxygen atoms in total. The lowest BCUT2D eigenvalue weighted by molar-refractivity contribution is -0.233. The molecule has 1 aliphatic heterocycles. The minimum absolute atomic E-state index is 0.375. The molecule has 0 radical (unpaired) electrons. The van der Waals surface area contributed by atoms with Gasteiger partial charge in [-0.2, -0.15) is 0 Å². The van der Waals surface area contributed by atoms with Crippen LogP contribution in [0, 0.1) is 0 Å². The van der Waals surface area contributed by atoms with Gasteiger partial charge in [-0.15, -0.1) is 0 Å². The van der Waals surface area contributed by atoms with Crippen LogP contribution in [0.3, 0.4) is 0 Å². The second-order valence-corrected chi connectivity index (χ2v) is 4.59. The van der Waals surface area contributed by atoms with Gasteiger partial charge in [0.1, 0.15) is 6.10 Å². The number of aliphatic hydroxyl groups excluding tert-OH is 2. The minimum atomic E-state index is -4.82. The highest BCUT2D eigenvalue weighted by Gasteiger charge is 2.43. The third-order valence-electron chi connectivity index (χ3n) is 2.13. The van der Waals surface area contributed by atoms with Gasteiger partial charge in [-0.05, 0) is 0 Å². The number of esters is 1. The zero-order chi connectivity index (χ0) is 13.2. The van der Waals surface area contributed by atoms with E-state index in [0.29, 0.717) is 0 Å². The number of methoxy groups -OCH3 is 1. The van der Waals surface area contributed by atoms with E-state index in [0.717, 1.165) is 7.11 Å². The van der Waals surface area contributed by atoms with Crippen LogP contribution < -0.4 is 0 Å². The van der Waals surface area contributed by atoms with Crippen LogP contribution in [0.5, 0.6) is 0 Å². The Morgan fingerprint density at radius 3 is 2.47 bits per heavy atom. The molecule has 0 bridgehead atoms. The van der Waals surface area contributed by atoms with Crippen LogP contribution in [0.25, 0.3) is 0 Å². The molecule has 10 heteroatoms. The molecule has 1 saturated heterocycles. The lowest BCUT2D eigenvalue weighted by Gasteiger charge is -2.34. The number of ether oxygens (including phenoxy) is 2. The molecule has 1 fully saturated rings. The third kappa shape index (κ3) is 4.00. The highest BCUT2D eigenvalue weighted by Crippen LogP contribution is 2.40. The maximum Gasteiger partial charge on any atom is 0.471 e. The van der Waals surface area contributed by atoms with E-state index in [1.165, 1.54) is 0 Å².